The van der Waals surface area contributed by atoms with Crippen LogP contribution in [0.2, 0.25) is 0 Å². The Morgan fingerprint density at radius 1 is 1.04 bits per heavy atom. The van der Waals surface area contributed by atoms with E-state index in [-0.39, 0.29) is 24.2 Å². The summed E-state index contributed by atoms with van der Waals surface area (Å²) < 4.78 is 0. The van der Waals surface area contributed by atoms with Crippen molar-refractivity contribution in [3.63, 3.8) is 0 Å². The van der Waals surface area contributed by atoms with Crippen molar-refractivity contribution < 1.29 is 4.79 Å². The molecule has 0 aliphatic carbocycles. The second kappa shape index (κ2) is 9.72. The van der Waals surface area contributed by atoms with Crippen LogP contribution in [0.1, 0.15) is 18.4 Å². The minimum Gasteiger partial charge on any atom is -0.352 e. The summed E-state index contributed by atoms with van der Waals surface area (Å²) in [6, 6.07) is 18.6. The van der Waals surface area contributed by atoms with Crippen LogP contribution in [0.25, 0.3) is 0 Å². The van der Waals surface area contributed by atoms with Crippen LogP contribution in [0.3, 0.4) is 0 Å². The van der Waals surface area contributed by atoms with E-state index in [9.17, 15) is 4.79 Å². The molecule has 1 heterocycles. The van der Waals surface area contributed by atoms with Crippen molar-refractivity contribution in [1.29, 1.82) is 0 Å². The van der Waals surface area contributed by atoms with Gasteiger partial charge in [0.1, 0.15) is 0 Å². The van der Waals surface area contributed by atoms with Crippen LogP contribution in [0.4, 0.5) is 0 Å². The summed E-state index contributed by atoms with van der Waals surface area (Å²) in [7, 11) is 0. The Bertz CT molecular complexity index is 645. The third-order valence-electron chi connectivity index (χ3n) is 4.11. The lowest BCUT2D eigenvalue weighted by Crippen LogP contribution is -2.37. The molecule has 5 heteroatoms. The van der Waals surface area contributed by atoms with E-state index in [0.29, 0.717) is 6.54 Å². The van der Waals surface area contributed by atoms with E-state index in [2.05, 4.69) is 34.9 Å². The summed E-state index contributed by atoms with van der Waals surface area (Å²) >= 11 is 1.74. The second-order valence-corrected chi connectivity index (χ2v) is 6.88. The fraction of sp³-hybridized carbons (Fsp3) is 0.316. The molecule has 0 aromatic heterocycles. The van der Waals surface area contributed by atoms with Gasteiger partial charge in [0, 0.05) is 22.3 Å². The summed E-state index contributed by atoms with van der Waals surface area (Å²) in [6.45, 7) is 2.48. The van der Waals surface area contributed by atoms with E-state index in [0.717, 1.165) is 25.9 Å². The molecular weight excluding hydrogens is 340 g/mol. The fourth-order valence-electron chi connectivity index (χ4n) is 2.78. The Balaban J connectivity index is 0.00000208. The average molecular weight is 363 g/mol. The second-order valence-electron chi connectivity index (χ2n) is 5.76. The molecular formula is C19H23ClN2OS. The number of rotatable bonds is 5. The van der Waals surface area contributed by atoms with E-state index in [1.54, 1.807) is 11.8 Å². The van der Waals surface area contributed by atoms with Gasteiger partial charge in [0.2, 0.25) is 5.91 Å². The molecule has 0 unspecified atom stereocenters. The van der Waals surface area contributed by atoms with Crippen LogP contribution < -0.4 is 10.6 Å². The zero-order chi connectivity index (χ0) is 15.9. The van der Waals surface area contributed by atoms with Gasteiger partial charge in [0.25, 0.3) is 0 Å². The fourth-order valence-corrected chi connectivity index (χ4v) is 3.74. The number of halogens is 1. The molecule has 1 saturated heterocycles. The number of carbonyl (C=O) groups excluding carboxylic acids is 1. The summed E-state index contributed by atoms with van der Waals surface area (Å²) in [6.07, 6.45) is 1.87. The van der Waals surface area contributed by atoms with E-state index >= 15 is 0 Å². The maximum atomic E-state index is 12.3. The van der Waals surface area contributed by atoms with Crippen molar-refractivity contribution in [1.82, 2.24) is 10.6 Å². The van der Waals surface area contributed by atoms with E-state index in [1.807, 2.05) is 30.3 Å². The van der Waals surface area contributed by atoms with E-state index in [4.69, 9.17) is 0 Å². The zero-order valence-electron chi connectivity index (χ0n) is 13.5. The van der Waals surface area contributed by atoms with Crippen molar-refractivity contribution in [3.8, 4) is 0 Å². The topological polar surface area (TPSA) is 41.1 Å². The Hall–Kier alpha value is -1.49. The normalized spacial score (nSPS) is 14.7. The number of amides is 1. The predicted molar refractivity (Wildman–Crippen MR) is 102 cm³/mol. The molecule has 0 spiro atoms. The van der Waals surface area contributed by atoms with Gasteiger partial charge >= 0.3 is 0 Å². The van der Waals surface area contributed by atoms with Gasteiger partial charge in [0.15, 0.2) is 0 Å². The molecule has 0 radical (unpaired) electrons. The molecule has 0 atom stereocenters. The highest BCUT2D eigenvalue weighted by atomic mass is 35.5. The molecule has 2 aromatic rings. The number of hydrogen-bond acceptors (Lipinski definition) is 3. The van der Waals surface area contributed by atoms with Crippen LogP contribution in [0.15, 0.2) is 64.4 Å². The molecule has 2 N–H and O–H groups in total. The predicted octanol–water partition coefficient (Wildman–Crippen LogP) is 3.88. The Kier molecular flexibility index (Phi) is 7.63. The van der Waals surface area contributed by atoms with Crippen LogP contribution in [-0.2, 0) is 11.3 Å². The minimum atomic E-state index is 0. The molecule has 3 nitrogen and oxygen atoms in total. The lowest BCUT2D eigenvalue weighted by atomic mass is 9.97. The first-order chi connectivity index (χ1) is 11.3. The third kappa shape index (κ3) is 5.26. The highest BCUT2D eigenvalue weighted by Crippen LogP contribution is 2.30. The lowest BCUT2D eigenvalue weighted by Gasteiger charge is -2.22. The third-order valence-corrected chi connectivity index (χ3v) is 5.23. The molecule has 1 aliphatic heterocycles. The molecule has 128 valence electrons. The molecule has 3 rings (SSSR count). The summed E-state index contributed by atoms with van der Waals surface area (Å²) in [4.78, 5) is 14.7. The van der Waals surface area contributed by atoms with Gasteiger partial charge in [0.05, 0.1) is 0 Å². The van der Waals surface area contributed by atoms with Crippen molar-refractivity contribution >= 4 is 30.1 Å². The van der Waals surface area contributed by atoms with Crippen molar-refractivity contribution in [2.45, 2.75) is 29.2 Å². The Labute approximate surface area is 154 Å². The lowest BCUT2D eigenvalue weighted by molar-refractivity contribution is -0.125. The van der Waals surface area contributed by atoms with Crippen molar-refractivity contribution in [3.05, 3.63) is 60.2 Å². The number of nitrogens with one attached hydrogen (secondary N) is 2. The summed E-state index contributed by atoms with van der Waals surface area (Å²) in [5.74, 6) is 0.344. The van der Waals surface area contributed by atoms with Gasteiger partial charge in [-0.25, -0.2) is 0 Å². The largest absolute Gasteiger partial charge is 0.352 e. The highest BCUT2D eigenvalue weighted by molar-refractivity contribution is 7.99. The summed E-state index contributed by atoms with van der Waals surface area (Å²) in [5, 5.41) is 6.41. The first-order valence-corrected chi connectivity index (χ1v) is 8.94. The smallest absolute Gasteiger partial charge is 0.223 e. The molecule has 2 aromatic carbocycles. The van der Waals surface area contributed by atoms with Crippen molar-refractivity contribution in [2.75, 3.05) is 13.1 Å². The quantitative estimate of drug-likeness (QED) is 0.848. The molecule has 0 bridgehead atoms. The molecule has 1 fully saturated rings. The van der Waals surface area contributed by atoms with Crippen LogP contribution in [-0.4, -0.2) is 19.0 Å². The molecule has 0 saturated carbocycles. The molecule has 1 aliphatic rings. The van der Waals surface area contributed by atoms with Gasteiger partial charge in [-0.1, -0.05) is 48.2 Å². The first kappa shape index (κ1) is 18.8. The Morgan fingerprint density at radius 2 is 1.71 bits per heavy atom. The van der Waals surface area contributed by atoms with Crippen LogP contribution in [0.5, 0.6) is 0 Å². The number of piperidine rings is 1. The number of carbonyl (C=O) groups is 1. The van der Waals surface area contributed by atoms with E-state index < -0.39 is 0 Å². The SMILES string of the molecule is Cl.O=C(NCc1ccccc1Sc1ccccc1)C1CCNCC1. The van der Waals surface area contributed by atoms with Crippen LogP contribution >= 0.6 is 24.2 Å². The molecule has 1 amide bonds. The number of hydrogen-bond donors (Lipinski definition) is 2. The van der Waals surface area contributed by atoms with Gasteiger partial charge in [-0.15, -0.1) is 12.4 Å². The summed E-state index contributed by atoms with van der Waals surface area (Å²) in [5.41, 5.74) is 1.17. The maximum Gasteiger partial charge on any atom is 0.223 e. The molecule has 24 heavy (non-hydrogen) atoms. The minimum absolute atomic E-state index is 0. The highest BCUT2D eigenvalue weighted by Gasteiger charge is 2.20. The maximum absolute atomic E-state index is 12.3. The average Bonchev–Trinajstić information content (AvgIpc) is 2.62. The van der Waals surface area contributed by atoms with Gasteiger partial charge in [-0.05, 0) is 49.7 Å². The van der Waals surface area contributed by atoms with Crippen molar-refractivity contribution in [2.24, 2.45) is 5.92 Å². The standard InChI is InChI=1S/C19H22N2OS.ClH/c22-19(15-10-12-20-13-11-15)21-14-16-6-4-5-9-18(16)23-17-7-2-1-3-8-17;/h1-9,15,20H,10-14H2,(H,21,22);1H. The first-order valence-electron chi connectivity index (χ1n) is 8.12. The van der Waals surface area contributed by atoms with Gasteiger partial charge in [-0.3, -0.25) is 4.79 Å². The van der Waals surface area contributed by atoms with Gasteiger partial charge in [-0.2, -0.15) is 0 Å². The monoisotopic (exact) mass is 362 g/mol. The Morgan fingerprint density at radius 3 is 2.46 bits per heavy atom. The zero-order valence-corrected chi connectivity index (χ0v) is 15.2. The number of benzene rings is 2. The van der Waals surface area contributed by atoms with Crippen LogP contribution in [0, 0.1) is 5.92 Å². The van der Waals surface area contributed by atoms with E-state index in [1.165, 1.54) is 15.4 Å². The van der Waals surface area contributed by atoms with Gasteiger partial charge < -0.3 is 10.6 Å².